The van der Waals surface area contributed by atoms with Crippen molar-refractivity contribution in [2.24, 2.45) is 5.41 Å². The summed E-state index contributed by atoms with van der Waals surface area (Å²) in [5, 5.41) is 2.86. The van der Waals surface area contributed by atoms with Gasteiger partial charge in [0.1, 0.15) is 16.4 Å². The zero-order valence-corrected chi connectivity index (χ0v) is 22.2. The standard InChI is InChI=1S/C25H17Cl5F2N2O2/c1-34(16-5-2-14(31)3-6-16)23(36)17-10-15(4-7-18(17)26)33-11-24(12-35)22(25(24,29)30)13-8-19(27)21(32)20(28)9-13/h2-10,12,22,33H,11H2,1H3. The van der Waals surface area contributed by atoms with Gasteiger partial charge in [0.25, 0.3) is 5.91 Å². The van der Waals surface area contributed by atoms with E-state index in [4.69, 9.17) is 58.0 Å². The molecule has 0 bridgehead atoms. The van der Waals surface area contributed by atoms with Gasteiger partial charge in [-0.05, 0) is 60.2 Å². The molecular formula is C25H17Cl5F2N2O2. The van der Waals surface area contributed by atoms with Crippen LogP contribution < -0.4 is 10.2 Å². The van der Waals surface area contributed by atoms with Crippen molar-refractivity contribution in [3.63, 3.8) is 0 Å². The number of nitrogens with one attached hydrogen (secondary N) is 1. The number of hydrogen-bond acceptors (Lipinski definition) is 3. The Bertz CT molecular complexity index is 1330. The number of halogens is 7. The second-order valence-corrected chi connectivity index (χ2v) is 11.0. The molecular weight excluding hydrogens is 576 g/mol. The first kappa shape index (κ1) is 27.0. The Hall–Kier alpha value is -2.09. The van der Waals surface area contributed by atoms with Crippen molar-refractivity contribution in [1.29, 1.82) is 0 Å². The summed E-state index contributed by atoms with van der Waals surface area (Å²) in [7, 11) is 1.54. The number of nitrogens with zero attached hydrogens (tertiary/aromatic N) is 1. The third-order valence-electron chi connectivity index (χ3n) is 6.27. The van der Waals surface area contributed by atoms with Crippen molar-refractivity contribution in [2.75, 3.05) is 23.8 Å². The van der Waals surface area contributed by atoms with Crippen LogP contribution in [0.2, 0.25) is 15.1 Å². The molecule has 3 aromatic carbocycles. The summed E-state index contributed by atoms with van der Waals surface area (Å²) in [6, 6.07) is 12.8. The molecule has 1 aliphatic carbocycles. The molecule has 1 amide bonds. The monoisotopic (exact) mass is 590 g/mol. The van der Waals surface area contributed by atoms with E-state index in [1.165, 1.54) is 60.5 Å². The minimum Gasteiger partial charge on any atom is -0.384 e. The fourth-order valence-electron chi connectivity index (χ4n) is 4.14. The summed E-state index contributed by atoms with van der Waals surface area (Å²) in [6.07, 6.45) is 0.639. The number of anilines is 2. The summed E-state index contributed by atoms with van der Waals surface area (Å²) >= 11 is 31.1. The van der Waals surface area contributed by atoms with E-state index in [1.807, 2.05) is 0 Å². The Morgan fingerprint density at radius 1 is 1.00 bits per heavy atom. The van der Waals surface area contributed by atoms with E-state index in [1.54, 1.807) is 6.07 Å². The molecule has 1 N–H and O–H groups in total. The van der Waals surface area contributed by atoms with Crippen LogP contribution in [0.3, 0.4) is 0 Å². The van der Waals surface area contributed by atoms with Crippen molar-refractivity contribution in [2.45, 2.75) is 10.3 Å². The molecule has 4 nitrogen and oxygen atoms in total. The number of carbonyl (C=O) groups is 2. The average molecular weight is 593 g/mol. The van der Waals surface area contributed by atoms with E-state index < -0.39 is 33.2 Å². The van der Waals surface area contributed by atoms with Gasteiger partial charge in [-0.3, -0.25) is 4.79 Å². The van der Waals surface area contributed by atoms with E-state index in [2.05, 4.69) is 5.32 Å². The lowest BCUT2D eigenvalue weighted by molar-refractivity contribution is -0.112. The first-order valence-corrected chi connectivity index (χ1v) is 12.4. The van der Waals surface area contributed by atoms with Crippen LogP contribution in [0.25, 0.3) is 0 Å². The third kappa shape index (κ3) is 4.66. The van der Waals surface area contributed by atoms with Crippen molar-refractivity contribution < 1.29 is 18.4 Å². The normalized spacial score (nSPS) is 20.1. The minimum absolute atomic E-state index is 0.0101. The molecule has 0 heterocycles. The van der Waals surface area contributed by atoms with Crippen LogP contribution in [0.15, 0.2) is 54.6 Å². The van der Waals surface area contributed by atoms with Crippen LogP contribution in [-0.2, 0) is 4.79 Å². The smallest absolute Gasteiger partial charge is 0.259 e. The van der Waals surface area contributed by atoms with Crippen LogP contribution in [0.5, 0.6) is 0 Å². The van der Waals surface area contributed by atoms with E-state index in [-0.39, 0.29) is 27.2 Å². The summed E-state index contributed by atoms with van der Waals surface area (Å²) in [5.41, 5.74) is 0.262. The maximum Gasteiger partial charge on any atom is 0.259 e. The van der Waals surface area contributed by atoms with Gasteiger partial charge in [-0.2, -0.15) is 0 Å². The first-order valence-electron chi connectivity index (χ1n) is 10.5. The highest BCUT2D eigenvalue weighted by atomic mass is 35.5. The number of carbonyl (C=O) groups excluding carboxylic acids is 2. The Labute approximate surface area is 231 Å². The molecule has 11 heteroatoms. The van der Waals surface area contributed by atoms with Crippen molar-refractivity contribution in [1.82, 2.24) is 0 Å². The van der Waals surface area contributed by atoms with E-state index in [0.717, 1.165) is 0 Å². The average Bonchev–Trinajstić information content (AvgIpc) is 3.35. The van der Waals surface area contributed by atoms with E-state index in [0.29, 0.717) is 23.2 Å². The van der Waals surface area contributed by atoms with Crippen molar-refractivity contribution in [3.8, 4) is 0 Å². The highest BCUT2D eigenvalue weighted by molar-refractivity contribution is 6.54. The molecule has 1 fully saturated rings. The fourth-order valence-corrected chi connectivity index (χ4v) is 5.82. The predicted molar refractivity (Wildman–Crippen MR) is 141 cm³/mol. The van der Waals surface area contributed by atoms with Gasteiger partial charge in [0.05, 0.1) is 26.0 Å². The van der Waals surface area contributed by atoms with Crippen molar-refractivity contribution in [3.05, 3.63) is 92.4 Å². The van der Waals surface area contributed by atoms with Gasteiger partial charge >= 0.3 is 0 Å². The van der Waals surface area contributed by atoms with Crippen LogP contribution in [0.1, 0.15) is 21.8 Å². The van der Waals surface area contributed by atoms with Gasteiger partial charge in [-0.15, -0.1) is 0 Å². The molecule has 4 rings (SSSR count). The molecule has 0 saturated heterocycles. The Balaban J connectivity index is 1.57. The maximum absolute atomic E-state index is 13.9. The van der Waals surface area contributed by atoms with Crippen LogP contribution in [0.4, 0.5) is 20.2 Å². The Morgan fingerprint density at radius 3 is 2.19 bits per heavy atom. The predicted octanol–water partition coefficient (Wildman–Crippen LogP) is 7.77. The second kappa shape index (κ2) is 9.99. The largest absolute Gasteiger partial charge is 0.384 e. The fraction of sp³-hybridized carbons (Fsp3) is 0.200. The molecule has 36 heavy (non-hydrogen) atoms. The molecule has 1 saturated carbocycles. The summed E-state index contributed by atoms with van der Waals surface area (Å²) in [5.74, 6) is -2.35. The summed E-state index contributed by atoms with van der Waals surface area (Å²) in [6.45, 7) is -0.0101. The highest BCUT2D eigenvalue weighted by Crippen LogP contribution is 2.73. The Morgan fingerprint density at radius 2 is 1.61 bits per heavy atom. The molecule has 0 radical (unpaired) electrons. The topological polar surface area (TPSA) is 49.4 Å². The highest BCUT2D eigenvalue weighted by Gasteiger charge is 2.76. The number of aldehydes is 1. The molecule has 3 aromatic rings. The van der Waals surface area contributed by atoms with Gasteiger partial charge < -0.3 is 15.0 Å². The lowest BCUT2D eigenvalue weighted by Crippen LogP contribution is -2.27. The van der Waals surface area contributed by atoms with Gasteiger partial charge in [0, 0.05) is 30.9 Å². The van der Waals surface area contributed by atoms with Crippen LogP contribution in [0, 0.1) is 17.0 Å². The van der Waals surface area contributed by atoms with Crippen molar-refractivity contribution >= 4 is 81.6 Å². The van der Waals surface area contributed by atoms with Gasteiger partial charge in [0.2, 0.25) is 0 Å². The van der Waals surface area contributed by atoms with E-state index in [9.17, 15) is 18.4 Å². The van der Waals surface area contributed by atoms with Crippen LogP contribution >= 0.6 is 58.0 Å². The van der Waals surface area contributed by atoms with E-state index >= 15 is 0 Å². The van der Waals surface area contributed by atoms with Gasteiger partial charge in [-0.1, -0.05) is 58.0 Å². The maximum atomic E-state index is 13.9. The molecule has 2 atom stereocenters. The number of alkyl halides is 2. The molecule has 188 valence electrons. The molecule has 0 spiro atoms. The molecule has 0 aromatic heterocycles. The lowest BCUT2D eigenvalue weighted by Gasteiger charge is -2.19. The zero-order valence-electron chi connectivity index (χ0n) is 18.5. The number of amides is 1. The third-order valence-corrected chi connectivity index (χ3v) is 8.28. The molecule has 1 aliphatic rings. The summed E-state index contributed by atoms with van der Waals surface area (Å²) in [4.78, 5) is 26.6. The number of benzene rings is 3. The van der Waals surface area contributed by atoms with Gasteiger partial charge in [0.15, 0.2) is 5.82 Å². The lowest BCUT2D eigenvalue weighted by atomic mass is 10.00. The minimum atomic E-state index is -1.51. The number of hydrogen-bond donors (Lipinski definition) is 1. The molecule has 2 unspecified atom stereocenters. The zero-order chi connectivity index (χ0) is 26.4. The first-order chi connectivity index (χ1) is 16.9. The summed E-state index contributed by atoms with van der Waals surface area (Å²) < 4.78 is 25.6. The quantitative estimate of drug-likeness (QED) is 0.173. The Kier molecular flexibility index (Phi) is 7.48. The number of rotatable bonds is 7. The van der Waals surface area contributed by atoms with Crippen LogP contribution in [-0.4, -0.2) is 30.1 Å². The van der Waals surface area contributed by atoms with Gasteiger partial charge in [-0.25, -0.2) is 8.78 Å². The SMILES string of the molecule is CN(C(=O)c1cc(NCC2(C=O)C(c3cc(Cl)c(F)c(Cl)c3)C2(Cl)Cl)ccc1Cl)c1ccc(F)cc1. The second-order valence-electron chi connectivity index (χ2n) is 8.40. The molecule has 0 aliphatic heterocycles.